The van der Waals surface area contributed by atoms with Gasteiger partial charge in [-0.05, 0) is 83.9 Å². The second-order valence-corrected chi connectivity index (χ2v) is 11.9. The van der Waals surface area contributed by atoms with E-state index in [-0.39, 0.29) is 11.1 Å². The molecule has 0 aliphatic rings. The molecule has 8 heteroatoms. The summed E-state index contributed by atoms with van der Waals surface area (Å²) in [5.41, 5.74) is 8.43. The van der Waals surface area contributed by atoms with E-state index in [1.807, 2.05) is 106 Å². The molecule has 4 aromatic heterocycles. The van der Waals surface area contributed by atoms with Gasteiger partial charge in [0.2, 0.25) is 11.6 Å². The zero-order valence-corrected chi connectivity index (χ0v) is 25.4. The van der Waals surface area contributed by atoms with Crippen LogP contribution in [0, 0.1) is 0 Å². The van der Waals surface area contributed by atoms with E-state index in [1.54, 1.807) is 8.80 Å². The van der Waals surface area contributed by atoms with Crippen molar-refractivity contribution in [1.29, 1.82) is 0 Å². The van der Waals surface area contributed by atoms with E-state index in [9.17, 15) is 9.59 Å². The van der Waals surface area contributed by atoms with Gasteiger partial charge in [-0.3, -0.25) is 18.7 Å². The number of hydrogen-bond donors (Lipinski definition) is 0. The Morgan fingerprint density at radius 2 is 0.729 bits per heavy atom. The van der Waals surface area contributed by atoms with Crippen LogP contribution in [-0.2, 0) is 0 Å². The number of aromatic nitrogens is 6. The van der Waals surface area contributed by atoms with Crippen LogP contribution in [0.1, 0.15) is 0 Å². The lowest BCUT2D eigenvalue weighted by Gasteiger charge is -2.15. The summed E-state index contributed by atoms with van der Waals surface area (Å²) >= 11 is 0. The molecule has 226 valence electrons. The largest absolute Gasteiger partial charge is 0.279 e. The van der Waals surface area contributed by atoms with E-state index in [2.05, 4.69) is 48.5 Å². The molecule has 0 saturated carbocycles. The highest BCUT2D eigenvalue weighted by Gasteiger charge is 2.18. The Kier molecular flexibility index (Phi) is 5.42. The molecule has 48 heavy (non-hydrogen) atoms. The normalized spacial score (nSPS) is 11.9. The molecule has 0 saturated heterocycles. The van der Waals surface area contributed by atoms with Gasteiger partial charge in [-0.2, -0.15) is 0 Å². The summed E-state index contributed by atoms with van der Waals surface area (Å²) < 4.78 is 7.49. The van der Waals surface area contributed by atoms with Crippen LogP contribution in [0.2, 0.25) is 0 Å². The molecular weight excluding hydrogens is 596 g/mol. The van der Waals surface area contributed by atoms with Gasteiger partial charge in [0.15, 0.2) is 0 Å². The number of benzene rings is 6. The van der Waals surface area contributed by atoms with Gasteiger partial charge in [0, 0.05) is 11.4 Å². The number of imidazole rings is 2. The summed E-state index contributed by atoms with van der Waals surface area (Å²) in [7, 11) is 0. The lowest BCUT2D eigenvalue weighted by Crippen LogP contribution is -2.18. The van der Waals surface area contributed by atoms with Crippen molar-refractivity contribution in [3.8, 4) is 22.5 Å². The smallest absolute Gasteiger partial charge is 0.267 e. The molecule has 8 nitrogen and oxygen atoms in total. The van der Waals surface area contributed by atoms with Gasteiger partial charge in [0.05, 0.1) is 43.9 Å². The summed E-state index contributed by atoms with van der Waals surface area (Å²) in [5.74, 6) is 1.15. The van der Waals surface area contributed by atoms with Crippen molar-refractivity contribution < 1.29 is 0 Å². The third-order valence-corrected chi connectivity index (χ3v) is 9.23. The molecule has 6 aromatic carbocycles. The minimum atomic E-state index is -0.0847. The van der Waals surface area contributed by atoms with Gasteiger partial charge in [-0.25, -0.2) is 18.8 Å². The molecule has 0 N–H and O–H groups in total. The summed E-state index contributed by atoms with van der Waals surface area (Å²) in [6.07, 6.45) is 0. The van der Waals surface area contributed by atoms with Crippen molar-refractivity contribution in [2.24, 2.45) is 0 Å². The fourth-order valence-electron chi connectivity index (χ4n) is 7.00. The Morgan fingerprint density at radius 1 is 0.375 bits per heavy atom. The molecular formula is C40H24N6O2. The van der Waals surface area contributed by atoms with Crippen LogP contribution in [0.25, 0.3) is 77.9 Å². The molecule has 0 spiro atoms. The van der Waals surface area contributed by atoms with Crippen molar-refractivity contribution in [1.82, 2.24) is 27.9 Å². The van der Waals surface area contributed by atoms with E-state index in [0.29, 0.717) is 22.3 Å². The molecule has 0 aliphatic carbocycles. The van der Waals surface area contributed by atoms with Crippen molar-refractivity contribution in [2.75, 3.05) is 0 Å². The number of fused-ring (bicyclic) bond motifs is 8. The fraction of sp³-hybridized carbons (Fsp3) is 0. The Morgan fingerprint density at radius 3 is 1.15 bits per heavy atom. The first kappa shape index (κ1) is 26.4. The molecule has 4 heterocycles. The Balaban J connectivity index is 1.10. The van der Waals surface area contributed by atoms with E-state index in [4.69, 9.17) is 9.97 Å². The zero-order valence-electron chi connectivity index (χ0n) is 25.4. The van der Waals surface area contributed by atoms with Crippen LogP contribution in [0.15, 0.2) is 155 Å². The first-order valence-corrected chi connectivity index (χ1v) is 15.7. The Hall–Kier alpha value is -6.80. The van der Waals surface area contributed by atoms with Crippen molar-refractivity contribution in [3.05, 3.63) is 166 Å². The van der Waals surface area contributed by atoms with E-state index in [1.165, 1.54) is 0 Å². The van der Waals surface area contributed by atoms with Crippen molar-refractivity contribution in [2.45, 2.75) is 0 Å². The molecule has 0 aliphatic heterocycles. The minimum Gasteiger partial charge on any atom is -0.279 e. The molecule has 0 radical (unpaired) electrons. The van der Waals surface area contributed by atoms with Gasteiger partial charge in [0.25, 0.3) is 11.1 Å². The van der Waals surface area contributed by atoms with Crippen molar-refractivity contribution >= 4 is 55.4 Å². The minimum absolute atomic E-state index is 0.0847. The first-order valence-electron chi connectivity index (χ1n) is 15.7. The molecule has 0 fully saturated rings. The quantitative estimate of drug-likeness (QED) is 0.204. The number of nitrogens with zero attached hydrogens (tertiary/aromatic N) is 6. The molecule has 10 aromatic rings. The number of rotatable bonds is 3. The maximum Gasteiger partial charge on any atom is 0.267 e. The maximum atomic E-state index is 13.6. The molecule has 0 amide bonds. The van der Waals surface area contributed by atoms with E-state index >= 15 is 0 Å². The highest BCUT2D eigenvalue weighted by Crippen LogP contribution is 2.29. The lowest BCUT2D eigenvalue weighted by molar-refractivity contribution is 1.02. The van der Waals surface area contributed by atoms with E-state index < -0.39 is 0 Å². The average molecular weight is 621 g/mol. The maximum absolute atomic E-state index is 13.6. The van der Waals surface area contributed by atoms with Crippen LogP contribution >= 0.6 is 0 Å². The van der Waals surface area contributed by atoms with Gasteiger partial charge in [-0.15, -0.1) is 0 Å². The summed E-state index contributed by atoms with van der Waals surface area (Å²) in [5, 5.41) is 1.25. The summed E-state index contributed by atoms with van der Waals surface area (Å²) in [6, 6.07) is 47.4. The second kappa shape index (κ2) is 9.85. The zero-order chi connectivity index (χ0) is 31.9. The van der Waals surface area contributed by atoms with Gasteiger partial charge >= 0.3 is 0 Å². The van der Waals surface area contributed by atoms with Crippen LogP contribution in [0.3, 0.4) is 0 Å². The lowest BCUT2D eigenvalue weighted by atomic mass is 10.0. The number of para-hydroxylation sites is 6. The van der Waals surface area contributed by atoms with Crippen molar-refractivity contribution in [3.63, 3.8) is 0 Å². The highest BCUT2D eigenvalue weighted by molar-refractivity contribution is 5.89. The number of hydrogen-bond acceptors (Lipinski definition) is 4. The van der Waals surface area contributed by atoms with Crippen LogP contribution in [0.5, 0.6) is 0 Å². The third-order valence-electron chi connectivity index (χ3n) is 9.23. The SMILES string of the molecule is O=c1c2ccccc2n(-c2ccc(-c3ccc(-n4c5ccccc5c(=O)n5c6ccccc6nc45)cc3)cc2)c2nc3ccccc3n12. The van der Waals surface area contributed by atoms with Crippen LogP contribution in [0.4, 0.5) is 0 Å². The third kappa shape index (κ3) is 3.65. The van der Waals surface area contributed by atoms with Crippen LogP contribution < -0.4 is 11.1 Å². The second-order valence-electron chi connectivity index (χ2n) is 11.9. The predicted octanol–water partition coefficient (Wildman–Crippen LogP) is 7.56. The van der Waals surface area contributed by atoms with Gasteiger partial charge < -0.3 is 0 Å². The topological polar surface area (TPSA) is 78.6 Å². The molecule has 0 bridgehead atoms. The van der Waals surface area contributed by atoms with Gasteiger partial charge in [0.1, 0.15) is 0 Å². The standard InChI is InChI=1S/C40H24N6O2/c47-37-29-9-1-5-13-33(29)43(39-41-31-11-3-7-15-35(31)45(37)39)27-21-17-25(18-22-27)26-19-23-28(24-20-26)44-34-14-6-2-10-30(34)38(48)46-36-16-8-4-12-32(36)42-40(44)46/h1-24H. The Bertz CT molecular complexity index is 2830. The monoisotopic (exact) mass is 620 g/mol. The summed E-state index contributed by atoms with van der Waals surface area (Å²) in [4.78, 5) is 37.0. The Labute approximate surface area is 271 Å². The molecule has 10 rings (SSSR count). The predicted molar refractivity (Wildman–Crippen MR) is 191 cm³/mol. The average Bonchev–Trinajstić information content (AvgIpc) is 3.72. The first-order chi connectivity index (χ1) is 23.7. The van der Waals surface area contributed by atoms with Gasteiger partial charge in [-0.1, -0.05) is 72.8 Å². The molecule has 0 unspecified atom stereocenters. The fourth-order valence-corrected chi connectivity index (χ4v) is 7.00. The van der Waals surface area contributed by atoms with Crippen LogP contribution in [-0.4, -0.2) is 27.9 Å². The summed E-state index contributed by atoms with van der Waals surface area (Å²) in [6.45, 7) is 0. The highest BCUT2D eigenvalue weighted by atomic mass is 16.1. The molecule has 0 atom stereocenters. The van der Waals surface area contributed by atoms with E-state index in [0.717, 1.165) is 55.6 Å².